The quantitative estimate of drug-likeness (QED) is 0.759. The molecule has 0 bridgehead atoms. The number of nitrogens with zero attached hydrogens (tertiary/aromatic N) is 1. The molecule has 3 heteroatoms. The summed E-state index contributed by atoms with van der Waals surface area (Å²) in [5.74, 6) is 4.53. The first kappa shape index (κ1) is 10.8. The average molecular weight is 214 g/mol. The van der Waals surface area contributed by atoms with Gasteiger partial charge in [0.05, 0.1) is 0 Å². The van der Waals surface area contributed by atoms with Crippen LogP contribution in [0.5, 0.6) is 0 Å². The van der Waals surface area contributed by atoms with Crippen molar-refractivity contribution < 1.29 is 0 Å². The zero-order chi connectivity index (χ0) is 9.97. The predicted molar refractivity (Wildman–Crippen MR) is 63.9 cm³/mol. The Morgan fingerprint density at radius 1 is 1.50 bits per heavy atom. The van der Waals surface area contributed by atoms with Crippen LogP contribution in [-0.4, -0.2) is 49.1 Å². The summed E-state index contributed by atoms with van der Waals surface area (Å²) < 4.78 is 0. The molecule has 0 aromatic rings. The number of nitrogens with one attached hydrogen (secondary N) is 1. The third-order valence-electron chi connectivity index (χ3n) is 3.72. The molecule has 2 atom stereocenters. The van der Waals surface area contributed by atoms with Gasteiger partial charge in [-0.3, -0.25) is 0 Å². The molecule has 0 aromatic carbocycles. The van der Waals surface area contributed by atoms with E-state index >= 15 is 0 Å². The van der Waals surface area contributed by atoms with E-state index in [2.05, 4.69) is 35.9 Å². The van der Waals surface area contributed by atoms with E-state index in [1.807, 2.05) is 0 Å². The molecular weight excluding hydrogens is 192 g/mol. The lowest BCUT2D eigenvalue weighted by molar-refractivity contribution is 0.161. The summed E-state index contributed by atoms with van der Waals surface area (Å²) in [6, 6.07) is 0.857. The van der Waals surface area contributed by atoms with Crippen LogP contribution in [0.1, 0.15) is 13.3 Å². The van der Waals surface area contributed by atoms with Crippen molar-refractivity contribution in [3.63, 3.8) is 0 Å². The summed E-state index contributed by atoms with van der Waals surface area (Å²) in [5.41, 5.74) is 0. The second kappa shape index (κ2) is 4.86. The molecule has 2 saturated heterocycles. The van der Waals surface area contributed by atoms with Crippen LogP contribution in [0.15, 0.2) is 0 Å². The summed E-state index contributed by atoms with van der Waals surface area (Å²) >= 11 is 2.11. The second-order valence-electron chi connectivity index (χ2n) is 4.85. The molecule has 2 heterocycles. The fraction of sp³-hybridized carbons (Fsp3) is 1.00. The van der Waals surface area contributed by atoms with Crippen LogP contribution in [-0.2, 0) is 0 Å². The minimum Gasteiger partial charge on any atom is -0.316 e. The Balaban J connectivity index is 1.72. The first-order valence-corrected chi connectivity index (χ1v) is 6.91. The third-order valence-corrected chi connectivity index (χ3v) is 4.87. The minimum atomic E-state index is 0.857. The monoisotopic (exact) mass is 214 g/mol. The standard InChI is InChI=1S/C11H22N2S/c1-9(10-5-12-6-10)7-13(2)11-3-4-14-8-11/h9-12H,3-8H2,1-2H3. The zero-order valence-corrected chi connectivity index (χ0v) is 10.1. The number of hydrogen-bond donors (Lipinski definition) is 1. The molecule has 0 saturated carbocycles. The van der Waals surface area contributed by atoms with Gasteiger partial charge in [0.2, 0.25) is 0 Å². The van der Waals surface area contributed by atoms with E-state index in [4.69, 9.17) is 0 Å². The minimum absolute atomic E-state index is 0.857. The Morgan fingerprint density at radius 3 is 2.79 bits per heavy atom. The molecular formula is C11H22N2S. The van der Waals surface area contributed by atoms with Crippen LogP contribution in [0, 0.1) is 11.8 Å². The SMILES string of the molecule is CC(CN(C)C1CCSC1)C1CNC1. The molecule has 2 aliphatic heterocycles. The number of hydrogen-bond acceptors (Lipinski definition) is 3. The van der Waals surface area contributed by atoms with E-state index < -0.39 is 0 Å². The van der Waals surface area contributed by atoms with Crippen LogP contribution < -0.4 is 5.32 Å². The molecule has 2 nitrogen and oxygen atoms in total. The normalized spacial score (nSPS) is 30.6. The third kappa shape index (κ3) is 2.44. The van der Waals surface area contributed by atoms with E-state index in [0.717, 1.165) is 17.9 Å². The Kier molecular flexibility index (Phi) is 3.74. The van der Waals surface area contributed by atoms with E-state index in [1.54, 1.807) is 0 Å². The van der Waals surface area contributed by atoms with E-state index in [1.165, 1.54) is 37.6 Å². The van der Waals surface area contributed by atoms with Gasteiger partial charge in [-0.2, -0.15) is 11.8 Å². The van der Waals surface area contributed by atoms with Crippen molar-refractivity contribution in [1.29, 1.82) is 0 Å². The highest BCUT2D eigenvalue weighted by Gasteiger charge is 2.27. The van der Waals surface area contributed by atoms with Crippen molar-refractivity contribution in [3.05, 3.63) is 0 Å². The van der Waals surface area contributed by atoms with E-state index in [9.17, 15) is 0 Å². The fourth-order valence-corrected chi connectivity index (χ4v) is 3.63. The molecule has 0 amide bonds. The van der Waals surface area contributed by atoms with Gasteiger partial charge in [0, 0.05) is 18.3 Å². The van der Waals surface area contributed by atoms with Gasteiger partial charge in [0.15, 0.2) is 0 Å². The molecule has 82 valence electrons. The zero-order valence-electron chi connectivity index (χ0n) is 9.33. The highest BCUT2D eigenvalue weighted by Crippen LogP contribution is 2.24. The Labute approximate surface area is 91.8 Å². The maximum absolute atomic E-state index is 3.36. The number of rotatable bonds is 4. The summed E-state index contributed by atoms with van der Waals surface area (Å²) in [6.45, 7) is 6.19. The van der Waals surface area contributed by atoms with Gasteiger partial charge < -0.3 is 10.2 Å². The van der Waals surface area contributed by atoms with E-state index in [0.29, 0.717) is 0 Å². The highest BCUT2D eigenvalue weighted by molar-refractivity contribution is 7.99. The van der Waals surface area contributed by atoms with Gasteiger partial charge in [0.1, 0.15) is 0 Å². The van der Waals surface area contributed by atoms with Gasteiger partial charge in [-0.25, -0.2) is 0 Å². The fourth-order valence-electron chi connectivity index (χ4n) is 2.34. The molecule has 2 unspecified atom stereocenters. The average Bonchev–Trinajstić information content (AvgIpc) is 2.51. The number of thioether (sulfide) groups is 1. The van der Waals surface area contributed by atoms with Crippen molar-refractivity contribution in [2.45, 2.75) is 19.4 Å². The van der Waals surface area contributed by atoms with Crippen LogP contribution in [0.2, 0.25) is 0 Å². The lowest BCUT2D eigenvalue weighted by Gasteiger charge is -2.36. The van der Waals surface area contributed by atoms with Crippen molar-refractivity contribution in [1.82, 2.24) is 10.2 Å². The molecule has 0 radical (unpaired) electrons. The molecule has 2 rings (SSSR count). The van der Waals surface area contributed by atoms with Crippen LogP contribution in [0.25, 0.3) is 0 Å². The smallest absolute Gasteiger partial charge is 0.0191 e. The first-order valence-electron chi connectivity index (χ1n) is 5.76. The first-order chi connectivity index (χ1) is 6.77. The molecule has 0 aliphatic carbocycles. The largest absolute Gasteiger partial charge is 0.316 e. The van der Waals surface area contributed by atoms with Gasteiger partial charge in [-0.1, -0.05) is 6.92 Å². The van der Waals surface area contributed by atoms with Gasteiger partial charge >= 0.3 is 0 Å². The second-order valence-corrected chi connectivity index (χ2v) is 6.00. The van der Waals surface area contributed by atoms with Crippen molar-refractivity contribution >= 4 is 11.8 Å². The van der Waals surface area contributed by atoms with Crippen LogP contribution >= 0.6 is 11.8 Å². The molecule has 0 aromatic heterocycles. The van der Waals surface area contributed by atoms with Crippen molar-refractivity contribution in [2.24, 2.45) is 11.8 Å². The molecule has 1 N–H and O–H groups in total. The lowest BCUT2D eigenvalue weighted by atomic mass is 9.88. The van der Waals surface area contributed by atoms with E-state index in [-0.39, 0.29) is 0 Å². The Bertz CT molecular complexity index is 176. The Morgan fingerprint density at radius 2 is 2.29 bits per heavy atom. The topological polar surface area (TPSA) is 15.3 Å². The predicted octanol–water partition coefficient (Wildman–Crippen LogP) is 1.28. The Hall–Kier alpha value is 0.270. The van der Waals surface area contributed by atoms with Gasteiger partial charge in [0.25, 0.3) is 0 Å². The van der Waals surface area contributed by atoms with Crippen LogP contribution in [0.4, 0.5) is 0 Å². The highest BCUT2D eigenvalue weighted by atomic mass is 32.2. The van der Waals surface area contributed by atoms with Crippen molar-refractivity contribution in [3.8, 4) is 0 Å². The summed E-state index contributed by atoms with van der Waals surface area (Å²) in [5, 5.41) is 3.36. The maximum atomic E-state index is 3.36. The summed E-state index contributed by atoms with van der Waals surface area (Å²) in [4.78, 5) is 2.59. The van der Waals surface area contributed by atoms with Crippen molar-refractivity contribution in [2.75, 3.05) is 38.2 Å². The molecule has 2 fully saturated rings. The molecule has 14 heavy (non-hydrogen) atoms. The molecule has 2 aliphatic rings. The summed E-state index contributed by atoms with van der Waals surface area (Å²) in [7, 11) is 2.30. The van der Waals surface area contributed by atoms with Gasteiger partial charge in [-0.15, -0.1) is 0 Å². The molecule has 0 spiro atoms. The van der Waals surface area contributed by atoms with Gasteiger partial charge in [-0.05, 0) is 44.1 Å². The lowest BCUT2D eigenvalue weighted by Crippen LogP contribution is -2.48. The maximum Gasteiger partial charge on any atom is 0.0191 e. The summed E-state index contributed by atoms with van der Waals surface area (Å²) in [6.07, 6.45) is 1.40. The van der Waals surface area contributed by atoms with Crippen LogP contribution in [0.3, 0.4) is 0 Å².